The van der Waals surface area contributed by atoms with E-state index in [0.29, 0.717) is 32.2 Å². The Balaban J connectivity index is 1.39. The van der Waals surface area contributed by atoms with E-state index in [-0.39, 0.29) is 56.0 Å². The third-order valence-electron chi connectivity index (χ3n) is 8.91. The number of carbonyl (C=O) groups is 5. The minimum Gasteiger partial charge on any atom is -0.481 e. The van der Waals surface area contributed by atoms with Gasteiger partial charge < -0.3 is 31.1 Å². The molecule has 2 heterocycles. The fraction of sp³-hybridized carbons (Fsp3) is 0.622. The van der Waals surface area contributed by atoms with E-state index < -0.39 is 29.6 Å². The van der Waals surface area contributed by atoms with Gasteiger partial charge in [0.15, 0.2) is 0 Å². The Kier molecular flexibility index (Phi) is 16.3. The number of unbranched alkanes of at least 4 members (excludes halogenated alkanes) is 6. The molecule has 0 radical (unpaired) electrons. The zero-order chi connectivity index (χ0) is 36.7. The highest BCUT2D eigenvalue weighted by atomic mass is 32.1. The van der Waals surface area contributed by atoms with Gasteiger partial charge >= 0.3 is 5.97 Å². The number of amides is 4. The molecule has 4 amide bonds. The predicted molar refractivity (Wildman–Crippen MR) is 193 cm³/mol. The summed E-state index contributed by atoms with van der Waals surface area (Å²) in [6.45, 7) is 8.38. The molecule has 1 fully saturated rings. The highest BCUT2D eigenvalue weighted by molar-refractivity contribution is 7.13. The van der Waals surface area contributed by atoms with E-state index in [0.717, 1.165) is 53.8 Å². The molecule has 0 bridgehead atoms. The van der Waals surface area contributed by atoms with Crippen LogP contribution in [0.2, 0.25) is 0 Å². The van der Waals surface area contributed by atoms with Crippen LogP contribution in [-0.2, 0) is 30.5 Å². The van der Waals surface area contributed by atoms with Gasteiger partial charge in [0, 0.05) is 45.3 Å². The molecule has 1 saturated heterocycles. The SMILES string of the molecule is Cc1ncsc1-c1ccc(CNC(=O)[C@@H]2C[C@@H](O)CN2C(=O)[C@@H](NC(=O)CCCCCCCCC(=O)NCCCCC(=O)O)C(C)(C)C)cc1. The Labute approximate surface area is 299 Å². The van der Waals surface area contributed by atoms with Crippen LogP contribution in [0.1, 0.15) is 109 Å². The molecule has 1 aromatic heterocycles. The van der Waals surface area contributed by atoms with Gasteiger partial charge in [-0.15, -0.1) is 11.3 Å². The van der Waals surface area contributed by atoms with Gasteiger partial charge in [0.1, 0.15) is 12.1 Å². The molecule has 3 atom stereocenters. The Morgan fingerprint density at radius 2 is 1.52 bits per heavy atom. The van der Waals surface area contributed by atoms with Gasteiger partial charge in [0.25, 0.3) is 0 Å². The van der Waals surface area contributed by atoms with Crippen LogP contribution < -0.4 is 16.0 Å². The van der Waals surface area contributed by atoms with E-state index in [2.05, 4.69) is 20.9 Å². The van der Waals surface area contributed by atoms with Gasteiger partial charge in [-0.3, -0.25) is 24.0 Å². The molecule has 0 aliphatic carbocycles. The van der Waals surface area contributed by atoms with E-state index in [1.165, 1.54) is 4.90 Å². The molecule has 0 saturated carbocycles. The molecule has 13 heteroatoms. The first-order valence-corrected chi connectivity index (χ1v) is 18.7. The number of rotatable bonds is 20. The number of nitrogens with zero attached hydrogens (tertiary/aromatic N) is 2. The van der Waals surface area contributed by atoms with E-state index in [1.54, 1.807) is 11.3 Å². The van der Waals surface area contributed by atoms with E-state index in [1.807, 2.05) is 57.5 Å². The molecule has 1 aromatic carbocycles. The van der Waals surface area contributed by atoms with Crippen molar-refractivity contribution in [1.29, 1.82) is 0 Å². The lowest BCUT2D eigenvalue weighted by Gasteiger charge is -2.35. The smallest absolute Gasteiger partial charge is 0.303 e. The summed E-state index contributed by atoms with van der Waals surface area (Å²) in [5.41, 5.74) is 4.13. The van der Waals surface area contributed by atoms with Crippen LogP contribution in [-0.4, -0.2) is 81.0 Å². The quantitative estimate of drug-likeness (QED) is 0.122. The Bertz CT molecular complexity index is 1420. The second-order valence-electron chi connectivity index (χ2n) is 14.3. The summed E-state index contributed by atoms with van der Waals surface area (Å²) in [6.07, 6.45) is 6.44. The van der Waals surface area contributed by atoms with Gasteiger partial charge in [-0.25, -0.2) is 4.98 Å². The van der Waals surface area contributed by atoms with Gasteiger partial charge in [0.05, 0.1) is 22.2 Å². The van der Waals surface area contributed by atoms with Crippen molar-refractivity contribution in [2.24, 2.45) is 5.41 Å². The fourth-order valence-corrected chi connectivity index (χ4v) is 6.82. The first-order valence-electron chi connectivity index (χ1n) is 17.8. The lowest BCUT2D eigenvalue weighted by Crippen LogP contribution is -2.57. The van der Waals surface area contributed by atoms with Crippen molar-refractivity contribution >= 4 is 40.9 Å². The molecule has 12 nitrogen and oxygen atoms in total. The summed E-state index contributed by atoms with van der Waals surface area (Å²) in [4.78, 5) is 69.4. The van der Waals surface area contributed by atoms with Gasteiger partial charge in [-0.05, 0) is 49.1 Å². The normalized spacial score (nSPS) is 16.5. The fourth-order valence-electron chi connectivity index (χ4n) is 6.01. The Hall–Kier alpha value is -3.84. The second kappa shape index (κ2) is 20.1. The highest BCUT2D eigenvalue weighted by Gasteiger charge is 2.44. The summed E-state index contributed by atoms with van der Waals surface area (Å²) in [6, 6.07) is 6.19. The largest absolute Gasteiger partial charge is 0.481 e. The second-order valence-corrected chi connectivity index (χ2v) is 15.1. The van der Waals surface area contributed by atoms with Crippen LogP contribution in [0.5, 0.6) is 0 Å². The molecule has 276 valence electrons. The minimum absolute atomic E-state index is 0.0144. The van der Waals surface area contributed by atoms with Crippen molar-refractivity contribution in [2.45, 2.75) is 129 Å². The summed E-state index contributed by atoms with van der Waals surface area (Å²) in [7, 11) is 0. The molecule has 2 aromatic rings. The highest BCUT2D eigenvalue weighted by Crippen LogP contribution is 2.28. The number of β-amino-alcohol motifs (C(OH)–C–C–N with tert-alkyl or cyclic N) is 1. The van der Waals surface area contributed by atoms with Crippen LogP contribution in [0.3, 0.4) is 0 Å². The molecular formula is C37H55N5O7S. The molecule has 3 rings (SSSR count). The number of aliphatic carboxylic acids is 1. The number of aliphatic hydroxyl groups is 1. The number of thiazole rings is 1. The number of aromatic nitrogens is 1. The first kappa shape index (κ1) is 40.6. The van der Waals surface area contributed by atoms with Crippen molar-refractivity contribution in [2.75, 3.05) is 13.1 Å². The minimum atomic E-state index is -0.860. The number of aryl methyl sites for hydroxylation is 1. The summed E-state index contributed by atoms with van der Waals surface area (Å²) < 4.78 is 0. The number of carboxylic acid groups (broad SMARTS) is 1. The standard InChI is InChI=1S/C37H55N5O7S/c1-25-33(50-24-40-25)27-18-16-26(17-19-27)22-39-35(48)29-21-28(43)23-42(29)36(49)34(37(2,3)4)41-31(45)14-10-8-6-5-7-9-13-30(44)38-20-12-11-15-32(46)47/h16-19,24,28-29,34,43H,5-15,20-23H2,1-4H3,(H,38,44)(H,39,48)(H,41,45)(H,46,47)/t28-,29+,34-/m1/s1. The summed E-state index contributed by atoms with van der Waals surface area (Å²) in [5.74, 6) is -1.79. The average molecular weight is 714 g/mol. The van der Waals surface area contributed by atoms with E-state index >= 15 is 0 Å². The summed E-state index contributed by atoms with van der Waals surface area (Å²) >= 11 is 1.58. The molecule has 0 unspecified atom stereocenters. The molecule has 50 heavy (non-hydrogen) atoms. The first-order chi connectivity index (χ1) is 23.8. The lowest BCUT2D eigenvalue weighted by atomic mass is 9.85. The van der Waals surface area contributed by atoms with Crippen LogP contribution in [0, 0.1) is 12.3 Å². The van der Waals surface area contributed by atoms with Crippen LogP contribution in [0.15, 0.2) is 29.8 Å². The zero-order valence-corrected chi connectivity index (χ0v) is 30.8. The Morgan fingerprint density at radius 1 is 0.900 bits per heavy atom. The van der Waals surface area contributed by atoms with E-state index in [4.69, 9.17) is 5.11 Å². The van der Waals surface area contributed by atoms with Crippen LogP contribution in [0.4, 0.5) is 0 Å². The number of hydrogen-bond donors (Lipinski definition) is 5. The molecule has 1 aliphatic heterocycles. The number of benzene rings is 1. The molecule has 1 aliphatic rings. The lowest BCUT2D eigenvalue weighted by molar-refractivity contribution is -0.144. The van der Waals surface area contributed by atoms with Crippen molar-refractivity contribution in [3.63, 3.8) is 0 Å². The third kappa shape index (κ3) is 13.5. The number of hydrogen-bond acceptors (Lipinski definition) is 8. The Morgan fingerprint density at radius 3 is 2.12 bits per heavy atom. The van der Waals surface area contributed by atoms with Crippen LogP contribution in [0.25, 0.3) is 10.4 Å². The number of nitrogens with one attached hydrogen (secondary N) is 3. The number of aliphatic hydroxyl groups excluding tert-OH is 1. The van der Waals surface area contributed by atoms with Crippen molar-refractivity contribution in [3.8, 4) is 10.4 Å². The number of carboxylic acids is 1. The number of carbonyl (C=O) groups excluding carboxylic acids is 4. The van der Waals surface area contributed by atoms with Crippen LogP contribution >= 0.6 is 11.3 Å². The van der Waals surface area contributed by atoms with Crippen molar-refractivity contribution in [1.82, 2.24) is 25.8 Å². The molecule has 0 spiro atoms. The van der Waals surface area contributed by atoms with Crippen molar-refractivity contribution in [3.05, 3.63) is 41.0 Å². The van der Waals surface area contributed by atoms with Gasteiger partial charge in [0.2, 0.25) is 23.6 Å². The average Bonchev–Trinajstić information content (AvgIpc) is 3.68. The van der Waals surface area contributed by atoms with E-state index in [9.17, 15) is 29.1 Å². The van der Waals surface area contributed by atoms with Gasteiger partial charge in [-0.2, -0.15) is 0 Å². The third-order valence-corrected chi connectivity index (χ3v) is 9.89. The summed E-state index contributed by atoms with van der Waals surface area (Å²) in [5, 5.41) is 27.8. The van der Waals surface area contributed by atoms with Gasteiger partial charge in [-0.1, -0.05) is 70.7 Å². The maximum absolute atomic E-state index is 13.8. The maximum atomic E-state index is 13.8. The van der Waals surface area contributed by atoms with Crippen molar-refractivity contribution < 1.29 is 34.2 Å². The molecule has 5 N–H and O–H groups in total. The maximum Gasteiger partial charge on any atom is 0.303 e. The monoisotopic (exact) mass is 713 g/mol. The predicted octanol–water partition coefficient (Wildman–Crippen LogP) is 4.72. The zero-order valence-electron chi connectivity index (χ0n) is 30.0. The topological polar surface area (TPSA) is 178 Å². The molecular weight excluding hydrogens is 659 g/mol. The number of likely N-dealkylation sites (tertiary alicyclic amines) is 1.